The van der Waals surface area contributed by atoms with Crippen LogP contribution in [0.2, 0.25) is 0 Å². The number of ether oxygens (including phenoxy) is 1. The van der Waals surface area contributed by atoms with Gasteiger partial charge in [0.1, 0.15) is 5.00 Å². The first-order valence-electron chi connectivity index (χ1n) is 5.27. The fourth-order valence-electron chi connectivity index (χ4n) is 1.77. The minimum absolute atomic E-state index is 0.00788. The van der Waals surface area contributed by atoms with Crippen LogP contribution in [0, 0.1) is 0 Å². The highest BCUT2D eigenvalue weighted by Crippen LogP contribution is 2.36. The summed E-state index contributed by atoms with van der Waals surface area (Å²) in [5.41, 5.74) is 0.649. The van der Waals surface area contributed by atoms with Crippen molar-refractivity contribution in [1.29, 1.82) is 0 Å². The molecule has 1 amide bonds. The molecule has 0 saturated heterocycles. The van der Waals surface area contributed by atoms with E-state index in [0.29, 0.717) is 25.2 Å². The Kier molecular flexibility index (Phi) is 3.79. The number of anilines is 1. The molecule has 0 saturated carbocycles. The number of carbonyl (C=O) groups is 3. The molecule has 102 valence electrons. The highest BCUT2D eigenvalue weighted by Gasteiger charge is 2.28. The van der Waals surface area contributed by atoms with Gasteiger partial charge in [0, 0.05) is 4.88 Å². The van der Waals surface area contributed by atoms with Crippen LogP contribution in [0.3, 0.4) is 0 Å². The molecule has 1 aromatic heterocycles. The summed E-state index contributed by atoms with van der Waals surface area (Å²) in [6, 6.07) is 0. The number of carboxylic acid groups (broad SMARTS) is 1. The Morgan fingerprint density at radius 2 is 2.16 bits per heavy atom. The van der Waals surface area contributed by atoms with E-state index in [1.807, 2.05) is 0 Å². The van der Waals surface area contributed by atoms with E-state index in [0.717, 1.165) is 16.2 Å². The van der Waals surface area contributed by atoms with Crippen molar-refractivity contribution < 1.29 is 35.0 Å². The van der Waals surface area contributed by atoms with Gasteiger partial charge in [0.15, 0.2) is 0 Å². The second-order valence-corrected chi connectivity index (χ2v) is 4.81. The molecule has 19 heavy (non-hydrogen) atoms. The van der Waals surface area contributed by atoms with Crippen LogP contribution in [-0.2, 0) is 32.2 Å². The largest absolute Gasteiger partial charge is 0.478 e. The van der Waals surface area contributed by atoms with Crippen molar-refractivity contribution in [3.8, 4) is 0 Å². The Morgan fingerprint density at radius 3 is 2.79 bits per heavy atom. The number of fused-ring (bicyclic) bond motifs is 1. The second-order valence-electron chi connectivity index (χ2n) is 3.70. The maximum atomic E-state index is 11.4. The van der Waals surface area contributed by atoms with E-state index in [4.69, 9.17) is 4.74 Å². The van der Waals surface area contributed by atoms with Crippen molar-refractivity contribution in [2.75, 3.05) is 11.9 Å². The standard InChI is InChI=1S/C10H10N2O6S/c11-18-10(16)7(13)12-8-6(9(14)15)4-1-2-17-3-5(4)19-8/h1-3H2,11H3,(H-,12,13,14,15)/p+1. The lowest BCUT2D eigenvalue weighted by Crippen LogP contribution is -2.53. The molecule has 0 radical (unpaired) electrons. The summed E-state index contributed by atoms with van der Waals surface area (Å²) in [4.78, 5) is 38.4. The highest BCUT2D eigenvalue weighted by atomic mass is 32.1. The van der Waals surface area contributed by atoms with Gasteiger partial charge >= 0.3 is 17.8 Å². The molecular weight excluding hydrogens is 276 g/mol. The summed E-state index contributed by atoms with van der Waals surface area (Å²) in [7, 11) is 0. The number of rotatable bonds is 2. The number of thiophene rings is 1. The smallest absolute Gasteiger partial charge is 0.454 e. The van der Waals surface area contributed by atoms with Crippen molar-refractivity contribution in [3.05, 3.63) is 16.0 Å². The van der Waals surface area contributed by atoms with Gasteiger partial charge in [-0.25, -0.2) is 9.59 Å². The molecule has 2 rings (SSSR count). The molecule has 1 aromatic rings. The number of nitrogens with one attached hydrogen (secondary N) is 1. The van der Waals surface area contributed by atoms with Crippen LogP contribution in [-0.4, -0.2) is 29.6 Å². The van der Waals surface area contributed by atoms with Gasteiger partial charge in [0.2, 0.25) is 0 Å². The van der Waals surface area contributed by atoms with E-state index >= 15 is 0 Å². The normalized spacial score (nSPS) is 13.5. The van der Waals surface area contributed by atoms with Crippen molar-refractivity contribution >= 4 is 34.2 Å². The number of carboxylic acids is 1. The molecule has 0 aliphatic carbocycles. The maximum Gasteiger partial charge on any atom is 0.454 e. The lowest BCUT2D eigenvalue weighted by atomic mass is 10.1. The summed E-state index contributed by atoms with van der Waals surface area (Å²) in [5, 5.41) is 11.5. The summed E-state index contributed by atoms with van der Waals surface area (Å²) in [5.74, 6) is -0.567. The quantitative estimate of drug-likeness (QED) is 0.480. The molecule has 9 heteroatoms. The number of aromatic carboxylic acids is 1. The van der Waals surface area contributed by atoms with Crippen LogP contribution in [0.25, 0.3) is 0 Å². The molecule has 0 bridgehead atoms. The first-order chi connectivity index (χ1) is 9.04. The zero-order valence-electron chi connectivity index (χ0n) is 9.73. The first-order valence-corrected chi connectivity index (χ1v) is 6.09. The monoisotopic (exact) mass is 287 g/mol. The van der Waals surface area contributed by atoms with Gasteiger partial charge in [0.05, 0.1) is 18.8 Å². The van der Waals surface area contributed by atoms with Crippen molar-refractivity contribution in [2.24, 2.45) is 0 Å². The molecule has 1 aliphatic heterocycles. The minimum atomic E-state index is -1.18. The lowest BCUT2D eigenvalue weighted by Gasteiger charge is -2.11. The molecule has 0 aromatic carbocycles. The third kappa shape index (κ3) is 2.57. The summed E-state index contributed by atoms with van der Waals surface area (Å²) in [6.07, 6.45) is 0.461. The van der Waals surface area contributed by atoms with Crippen molar-refractivity contribution in [3.63, 3.8) is 0 Å². The average molecular weight is 287 g/mol. The highest BCUT2D eigenvalue weighted by molar-refractivity contribution is 7.17. The molecular formula is C10H11N2O6S+. The fourth-order valence-corrected chi connectivity index (χ4v) is 2.94. The zero-order valence-corrected chi connectivity index (χ0v) is 10.5. The van der Waals surface area contributed by atoms with Gasteiger partial charge in [-0.3, -0.25) is 9.63 Å². The van der Waals surface area contributed by atoms with Gasteiger partial charge < -0.3 is 15.2 Å². The summed E-state index contributed by atoms with van der Waals surface area (Å²) >= 11 is 1.08. The molecule has 2 heterocycles. The number of carbonyl (C=O) groups excluding carboxylic acids is 2. The van der Waals surface area contributed by atoms with E-state index in [1.54, 1.807) is 0 Å². The van der Waals surface area contributed by atoms with Crippen molar-refractivity contribution in [2.45, 2.75) is 13.0 Å². The maximum absolute atomic E-state index is 11.4. The minimum Gasteiger partial charge on any atom is -0.478 e. The Hall–Kier alpha value is -1.97. The van der Waals surface area contributed by atoms with Crippen LogP contribution in [0.1, 0.15) is 20.8 Å². The fraction of sp³-hybridized carbons (Fsp3) is 0.300. The van der Waals surface area contributed by atoms with Gasteiger partial charge in [-0.05, 0) is 12.0 Å². The summed E-state index contributed by atoms with van der Waals surface area (Å²) < 4.78 is 5.22. The Morgan fingerprint density at radius 1 is 1.42 bits per heavy atom. The van der Waals surface area contributed by atoms with Gasteiger partial charge in [-0.1, -0.05) is 0 Å². The van der Waals surface area contributed by atoms with Gasteiger partial charge in [-0.15, -0.1) is 11.3 Å². The Labute approximate surface area is 111 Å². The Balaban J connectivity index is 2.35. The summed E-state index contributed by atoms with van der Waals surface area (Å²) in [6.45, 7) is 0.730. The van der Waals surface area contributed by atoms with Gasteiger partial charge in [-0.2, -0.15) is 5.90 Å². The number of hydrogen-bond donors (Lipinski definition) is 3. The SMILES string of the molecule is [NH3+]OC(=O)C(=O)Nc1sc2c(c1C(=O)O)CCOC2. The number of hydrogen-bond acceptors (Lipinski definition) is 6. The third-order valence-electron chi connectivity index (χ3n) is 2.58. The van der Waals surface area contributed by atoms with Crippen LogP contribution < -0.4 is 11.2 Å². The van der Waals surface area contributed by atoms with Crippen LogP contribution in [0.15, 0.2) is 0 Å². The van der Waals surface area contributed by atoms with Crippen LogP contribution in [0.5, 0.6) is 0 Å². The molecule has 0 spiro atoms. The Bertz CT molecular complexity index is 552. The predicted octanol–water partition coefficient (Wildman–Crippen LogP) is -0.842. The average Bonchev–Trinajstić information content (AvgIpc) is 2.75. The zero-order chi connectivity index (χ0) is 14.0. The topological polar surface area (TPSA) is 130 Å². The molecule has 5 N–H and O–H groups in total. The van der Waals surface area contributed by atoms with E-state index in [-0.39, 0.29) is 10.6 Å². The van der Waals surface area contributed by atoms with E-state index < -0.39 is 17.8 Å². The number of quaternary nitrogens is 1. The van der Waals surface area contributed by atoms with Crippen LogP contribution in [0.4, 0.5) is 5.00 Å². The van der Waals surface area contributed by atoms with Crippen molar-refractivity contribution in [1.82, 2.24) is 0 Å². The third-order valence-corrected chi connectivity index (χ3v) is 3.70. The predicted molar refractivity (Wildman–Crippen MR) is 62.2 cm³/mol. The lowest BCUT2D eigenvalue weighted by molar-refractivity contribution is -0.655. The van der Waals surface area contributed by atoms with Gasteiger partial charge in [0.25, 0.3) is 0 Å². The number of amides is 1. The van der Waals surface area contributed by atoms with Crippen LogP contribution >= 0.6 is 11.3 Å². The van der Waals surface area contributed by atoms with E-state index in [1.165, 1.54) is 0 Å². The van der Waals surface area contributed by atoms with E-state index in [2.05, 4.69) is 16.1 Å². The molecule has 8 nitrogen and oxygen atoms in total. The molecule has 0 fully saturated rings. The second kappa shape index (κ2) is 5.34. The van der Waals surface area contributed by atoms with E-state index in [9.17, 15) is 19.5 Å². The molecule has 1 aliphatic rings. The first kappa shape index (κ1) is 13.5. The molecule has 0 atom stereocenters. The molecule has 0 unspecified atom stereocenters.